The SMILES string of the molecule is c1ccc(-c2ccc(-c3cc(-c4ccc(-c5cccc(-c6nc7c8ccccc8ccc7c7sc8ccccc8c67)c5)cc4)nc(-c4ccc(-c5ccccc5)cc4)n3)cc2)cc1. The zero-order valence-corrected chi connectivity index (χ0v) is 34.9. The Labute approximate surface area is 369 Å². The molecule has 3 nitrogen and oxygen atoms in total. The maximum absolute atomic E-state index is 5.51. The average molecular weight is 820 g/mol. The standard InChI is InChI=1S/C59H37N3S/c1-3-12-38(13-4-1)40-22-28-44(29-23-40)52-37-53(61-59(60-52)46-32-26-41(27-33-46)39-14-5-2-6-15-39)45-30-24-42(25-31-45)47-17-11-18-48(36-47)56-55-50-20-9-10-21-54(50)63-58(55)51-35-34-43-16-7-8-19-49(43)57(51)62-56/h1-37H. The van der Waals surface area contributed by atoms with Gasteiger partial charge in [0.25, 0.3) is 0 Å². The van der Waals surface area contributed by atoms with E-state index in [0.717, 1.165) is 61.5 Å². The molecule has 0 spiro atoms. The van der Waals surface area contributed by atoms with Gasteiger partial charge in [-0.15, -0.1) is 11.3 Å². The number of fused-ring (bicyclic) bond motifs is 7. The van der Waals surface area contributed by atoms with Gasteiger partial charge in [-0.25, -0.2) is 15.0 Å². The Hall–Kier alpha value is -8.05. The fourth-order valence-corrected chi connectivity index (χ4v) is 10.1. The van der Waals surface area contributed by atoms with Gasteiger partial charge < -0.3 is 0 Å². The van der Waals surface area contributed by atoms with Crippen molar-refractivity contribution < 1.29 is 0 Å². The molecular formula is C59H37N3S. The summed E-state index contributed by atoms with van der Waals surface area (Å²) in [6.45, 7) is 0. The van der Waals surface area contributed by atoms with Crippen LogP contribution in [0.4, 0.5) is 0 Å². The molecule has 0 atom stereocenters. The molecule has 12 rings (SSSR count). The zero-order chi connectivity index (χ0) is 41.7. The summed E-state index contributed by atoms with van der Waals surface area (Å²) in [6, 6.07) is 79.6. The molecule has 9 aromatic carbocycles. The normalized spacial score (nSPS) is 11.5. The molecule has 0 N–H and O–H groups in total. The highest BCUT2D eigenvalue weighted by Crippen LogP contribution is 2.44. The molecule has 294 valence electrons. The molecule has 0 saturated carbocycles. The van der Waals surface area contributed by atoms with E-state index >= 15 is 0 Å². The number of thiophene rings is 1. The Kier molecular flexibility index (Phi) is 9.02. The lowest BCUT2D eigenvalue weighted by Gasteiger charge is -2.12. The van der Waals surface area contributed by atoms with Gasteiger partial charge in [-0.05, 0) is 57.0 Å². The summed E-state index contributed by atoms with van der Waals surface area (Å²) in [6.07, 6.45) is 0. The van der Waals surface area contributed by atoms with Crippen LogP contribution in [0.25, 0.3) is 120 Å². The summed E-state index contributed by atoms with van der Waals surface area (Å²) in [5, 5.41) is 6.03. The number of rotatable bonds is 7. The quantitative estimate of drug-likeness (QED) is 0.150. The lowest BCUT2D eigenvalue weighted by atomic mass is 9.96. The van der Waals surface area contributed by atoms with E-state index in [0.29, 0.717) is 5.82 Å². The molecular weight excluding hydrogens is 783 g/mol. The van der Waals surface area contributed by atoms with Gasteiger partial charge in [0, 0.05) is 53.2 Å². The van der Waals surface area contributed by atoms with Crippen LogP contribution in [0.1, 0.15) is 0 Å². The molecule has 0 radical (unpaired) electrons. The van der Waals surface area contributed by atoms with Crippen LogP contribution in [0.2, 0.25) is 0 Å². The van der Waals surface area contributed by atoms with Crippen molar-refractivity contribution in [3.05, 3.63) is 224 Å². The molecule has 0 bridgehead atoms. The fraction of sp³-hybridized carbons (Fsp3) is 0. The molecule has 4 heteroatoms. The van der Waals surface area contributed by atoms with Crippen molar-refractivity contribution in [3.63, 3.8) is 0 Å². The van der Waals surface area contributed by atoms with Crippen LogP contribution >= 0.6 is 11.3 Å². The first-order valence-corrected chi connectivity index (χ1v) is 22.1. The van der Waals surface area contributed by atoms with Gasteiger partial charge in [-0.2, -0.15) is 0 Å². The second-order valence-electron chi connectivity index (χ2n) is 16.0. The molecule has 3 aromatic heterocycles. The molecule has 12 aromatic rings. The molecule has 0 aliphatic carbocycles. The minimum atomic E-state index is 0.689. The Morgan fingerprint density at radius 2 is 0.794 bits per heavy atom. The lowest BCUT2D eigenvalue weighted by Crippen LogP contribution is -1.96. The van der Waals surface area contributed by atoms with Gasteiger partial charge in [-0.3, -0.25) is 0 Å². The minimum absolute atomic E-state index is 0.689. The minimum Gasteiger partial charge on any atom is -0.246 e. The van der Waals surface area contributed by atoms with Crippen LogP contribution in [0, 0.1) is 0 Å². The van der Waals surface area contributed by atoms with Gasteiger partial charge in [0.1, 0.15) is 0 Å². The number of nitrogens with zero attached hydrogens (tertiary/aromatic N) is 3. The number of aromatic nitrogens is 3. The second-order valence-corrected chi connectivity index (χ2v) is 17.0. The predicted molar refractivity (Wildman–Crippen MR) is 266 cm³/mol. The van der Waals surface area contributed by atoms with Crippen molar-refractivity contribution >= 4 is 53.2 Å². The molecule has 0 unspecified atom stereocenters. The maximum atomic E-state index is 5.51. The van der Waals surface area contributed by atoms with Gasteiger partial charge in [0.05, 0.1) is 22.6 Å². The van der Waals surface area contributed by atoms with Crippen molar-refractivity contribution in [1.29, 1.82) is 0 Å². The van der Waals surface area contributed by atoms with Gasteiger partial charge >= 0.3 is 0 Å². The summed E-state index contributed by atoms with van der Waals surface area (Å²) in [7, 11) is 0. The van der Waals surface area contributed by atoms with E-state index in [1.807, 2.05) is 23.5 Å². The second kappa shape index (κ2) is 15.4. The first-order valence-electron chi connectivity index (χ1n) is 21.2. The van der Waals surface area contributed by atoms with Gasteiger partial charge in [0.2, 0.25) is 0 Å². The molecule has 63 heavy (non-hydrogen) atoms. The maximum Gasteiger partial charge on any atom is 0.160 e. The third-order valence-corrected chi connectivity index (χ3v) is 13.3. The largest absolute Gasteiger partial charge is 0.246 e. The van der Waals surface area contributed by atoms with Crippen LogP contribution in [-0.4, -0.2) is 15.0 Å². The Bertz CT molecular complexity index is 3530. The number of benzene rings is 9. The lowest BCUT2D eigenvalue weighted by molar-refractivity contribution is 1.18. The molecule has 0 fully saturated rings. The van der Waals surface area contributed by atoms with Gasteiger partial charge in [0.15, 0.2) is 5.82 Å². The highest BCUT2D eigenvalue weighted by atomic mass is 32.1. The van der Waals surface area contributed by atoms with E-state index < -0.39 is 0 Å². The van der Waals surface area contributed by atoms with Crippen molar-refractivity contribution in [2.24, 2.45) is 0 Å². The van der Waals surface area contributed by atoms with Gasteiger partial charge in [-0.1, -0.05) is 206 Å². The zero-order valence-electron chi connectivity index (χ0n) is 34.1. The summed E-state index contributed by atoms with van der Waals surface area (Å²) in [5.74, 6) is 0.689. The van der Waals surface area contributed by atoms with E-state index in [9.17, 15) is 0 Å². The number of hydrogen-bond acceptors (Lipinski definition) is 4. The molecule has 0 amide bonds. The fourth-order valence-electron chi connectivity index (χ4n) is 8.86. The Morgan fingerprint density at radius 3 is 1.44 bits per heavy atom. The first kappa shape index (κ1) is 36.8. The molecule has 0 saturated heterocycles. The average Bonchev–Trinajstić information content (AvgIpc) is 3.77. The highest BCUT2D eigenvalue weighted by molar-refractivity contribution is 7.26. The van der Waals surface area contributed by atoms with E-state index in [2.05, 4.69) is 212 Å². The topological polar surface area (TPSA) is 38.7 Å². The highest BCUT2D eigenvalue weighted by Gasteiger charge is 2.18. The third-order valence-electron chi connectivity index (χ3n) is 12.1. The van der Waals surface area contributed by atoms with Crippen molar-refractivity contribution in [3.8, 4) is 78.5 Å². The number of hydrogen-bond donors (Lipinski definition) is 0. The van der Waals surface area contributed by atoms with Crippen LogP contribution in [-0.2, 0) is 0 Å². The summed E-state index contributed by atoms with van der Waals surface area (Å²) < 4.78 is 2.55. The monoisotopic (exact) mass is 819 g/mol. The smallest absolute Gasteiger partial charge is 0.160 e. The predicted octanol–water partition coefficient (Wildman–Crippen LogP) is 16.2. The van der Waals surface area contributed by atoms with Crippen molar-refractivity contribution in [1.82, 2.24) is 15.0 Å². The van der Waals surface area contributed by atoms with Crippen LogP contribution in [0.15, 0.2) is 224 Å². The molecule has 3 heterocycles. The van der Waals surface area contributed by atoms with E-state index in [-0.39, 0.29) is 0 Å². The van der Waals surface area contributed by atoms with Crippen LogP contribution in [0.5, 0.6) is 0 Å². The Balaban J connectivity index is 0.936. The Morgan fingerprint density at radius 1 is 0.302 bits per heavy atom. The van der Waals surface area contributed by atoms with Crippen LogP contribution in [0.3, 0.4) is 0 Å². The molecule has 0 aliphatic rings. The van der Waals surface area contributed by atoms with Crippen LogP contribution < -0.4 is 0 Å². The van der Waals surface area contributed by atoms with Crippen molar-refractivity contribution in [2.45, 2.75) is 0 Å². The summed E-state index contributed by atoms with van der Waals surface area (Å²) >= 11 is 1.86. The van der Waals surface area contributed by atoms with E-state index in [1.54, 1.807) is 0 Å². The number of pyridine rings is 1. The first-order chi connectivity index (χ1) is 31.2. The van der Waals surface area contributed by atoms with E-state index in [1.165, 1.54) is 53.0 Å². The summed E-state index contributed by atoms with van der Waals surface area (Å²) in [4.78, 5) is 15.9. The summed E-state index contributed by atoms with van der Waals surface area (Å²) in [5.41, 5.74) is 14.9. The molecule has 0 aliphatic heterocycles. The van der Waals surface area contributed by atoms with E-state index in [4.69, 9.17) is 15.0 Å². The van der Waals surface area contributed by atoms with Crippen molar-refractivity contribution in [2.75, 3.05) is 0 Å². The third kappa shape index (κ3) is 6.74.